The van der Waals surface area contributed by atoms with Gasteiger partial charge in [0.1, 0.15) is 5.75 Å². The molecule has 1 aromatic rings. The number of methoxy groups -OCH3 is 1. The normalized spacial score (nSPS) is 12.5. The van der Waals surface area contributed by atoms with Gasteiger partial charge in [0.25, 0.3) is 0 Å². The van der Waals surface area contributed by atoms with E-state index in [-0.39, 0.29) is 12.1 Å². The van der Waals surface area contributed by atoms with Crippen molar-refractivity contribution in [3.05, 3.63) is 48.1 Å². The average Bonchev–Trinajstić information content (AvgIpc) is 2.71. The van der Waals surface area contributed by atoms with Gasteiger partial charge in [-0.05, 0) is 18.9 Å². The van der Waals surface area contributed by atoms with Crippen LogP contribution in [0.3, 0.4) is 0 Å². The Morgan fingerprint density at radius 2 is 1.82 bits per heavy atom. The molecule has 4 nitrogen and oxygen atoms in total. The van der Waals surface area contributed by atoms with Crippen LogP contribution < -0.4 is 4.74 Å². The van der Waals surface area contributed by atoms with Crippen LogP contribution in [-0.2, 0) is 9.53 Å². The number of benzene rings is 1. The second-order valence-corrected chi connectivity index (χ2v) is 6.93. The molecule has 0 radical (unpaired) electrons. The molecule has 1 unspecified atom stereocenters. The molecule has 4 heteroatoms. The SMILES string of the molecule is CCCCCCCCC(O)/C=C/C=C/c1ccccc1OCCCC(=O)OC. The maximum absolute atomic E-state index is 11.1. The van der Waals surface area contributed by atoms with Gasteiger partial charge in [-0.3, -0.25) is 4.79 Å². The Balaban J connectivity index is 2.34. The van der Waals surface area contributed by atoms with Crippen molar-refractivity contribution in [3.63, 3.8) is 0 Å². The summed E-state index contributed by atoms with van der Waals surface area (Å²) in [5, 5.41) is 10.0. The molecule has 0 spiro atoms. The minimum Gasteiger partial charge on any atom is -0.493 e. The Labute approximate surface area is 170 Å². The lowest BCUT2D eigenvalue weighted by Crippen LogP contribution is -2.05. The molecule has 1 aromatic carbocycles. The lowest BCUT2D eigenvalue weighted by molar-refractivity contribution is -0.140. The second kappa shape index (κ2) is 15.9. The first-order valence-corrected chi connectivity index (χ1v) is 10.5. The van der Waals surface area contributed by atoms with E-state index in [4.69, 9.17) is 4.74 Å². The number of carbonyl (C=O) groups excluding carboxylic acids is 1. The van der Waals surface area contributed by atoms with Crippen LogP contribution in [0.2, 0.25) is 0 Å². The zero-order valence-corrected chi connectivity index (χ0v) is 17.4. The summed E-state index contributed by atoms with van der Waals surface area (Å²) in [6, 6.07) is 7.77. The van der Waals surface area contributed by atoms with E-state index < -0.39 is 0 Å². The predicted octanol–water partition coefficient (Wildman–Crippen LogP) is 5.70. The zero-order chi connectivity index (χ0) is 20.5. The lowest BCUT2D eigenvalue weighted by Gasteiger charge is -2.08. The van der Waals surface area contributed by atoms with Gasteiger partial charge in [0.2, 0.25) is 0 Å². The lowest BCUT2D eigenvalue weighted by atomic mass is 10.1. The minimum atomic E-state index is -0.388. The number of hydrogen-bond donors (Lipinski definition) is 1. The van der Waals surface area contributed by atoms with Gasteiger partial charge in [0.05, 0.1) is 19.8 Å². The van der Waals surface area contributed by atoms with Gasteiger partial charge < -0.3 is 14.6 Å². The van der Waals surface area contributed by atoms with Crippen molar-refractivity contribution in [1.29, 1.82) is 0 Å². The van der Waals surface area contributed by atoms with E-state index in [1.807, 2.05) is 48.6 Å². The largest absolute Gasteiger partial charge is 0.493 e. The van der Waals surface area contributed by atoms with Crippen LogP contribution in [0.4, 0.5) is 0 Å². The highest BCUT2D eigenvalue weighted by atomic mass is 16.5. The molecule has 0 aliphatic heterocycles. The van der Waals surface area contributed by atoms with Gasteiger partial charge in [-0.15, -0.1) is 0 Å². The number of ether oxygens (including phenoxy) is 2. The van der Waals surface area contributed by atoms with E-state index in [2.05, 4.69) is 11.7 Å². The third-order valence-electron chi connectivity index (χ3n) is 4.50. The monoisotopic (exact) mass is 388 g/mol. The fraction of sp³-hybridized carbons (Fsp3) is 0.542. The quantitative estimate of drug-likeness (QED) is 0.238. The van der Waals surface area contributed by atoms with E-state index >= 15 is 0 Å². The molecule has 0 amide bonds. The van der Waals surface area contributed by atoms with Gasteiger partial charge in [-0.25, -0.2) is 0 Å². The molecule has 0 fully saturated rings. The summed E-state index contributed by atoms with van der Waals surface area (Å²) in [5.41, 5.74) is 0.968. The van der Waals surface area contributed by atoms with Gasteiger partial charge >= 0.3 is 5.97 Å². The molecule has 0 aromatic heterocycles. The fourth-order valence-electron chi connectivity index (χ4n) is 2.83. The van der Waals surface area contributed by atoms with Crippen molar-refractivity contribution in [2.45, 2.75) is 70.8 Å². The van der Waals surface area contributed by atoms with E-state index in [1.165, 1.54) is 39.2 Å². The molecular weight excluding hydrogens is 352 g/mol. The van der Waals surface area contributed by atoms with Crippen molar-refractivity contribution in [1.82, 2.24) is 0 Å². The number of esters is 1. The second-order valence-electron chi connectivity index (χ2n) is 6.93. The average molecular weight is 389 g/mol. The molecule has 156 valence electrons. The summed E-state index contributed by atoms with van der Waals surface area (Å²) in [6.45, 7) is 2.69. The molecule has 0 bridgehead atoms. The van der Waals surface area contributed by atoms with Crippen molar-refractivity contribution < 1.29 is 19.4 Å². The van der Waals surface area contributed by atoms with Crippen LogP contribution >= 0.6 is 0 Å². The fourth-order valence-corrected chi connectivity index (χ4v) is 2.83. The molecule has 1 rings (SSSR count). The van der Waals surface area contributed by atoms with Crippen LogP contribution in [-0.4, -0.2) is 30.9 Å². The Morgan fingerprint density at radius 3 is 2.61 bits per heavy atom. The summed E-state index contributed by atoms with van der Waals surface area (Å²) in [6.07, 6.45) is 16.4. The molecule has 0 aliphatic rings. The molecule has 1 N–H and O–H groups in total. The number of rotatable bonds is 15. The number of hydrogen-bond acceptors (Lipinski definition) is 4. The number of aliphatic hydroxyl groups is 1. The third-order valence-corrected chi connectivity index (χ3v) is 4.50. The summed E-state index contributed by atoms with van der Waals surface area (Å²) in [4.78, 5) is 11.1. The van der Waals surface area contributed by atoms with Crippen LogP contribution in [0.15, 0.2) is 42.5 Å². The van der Waals surface area contributed by atoms with E-state index in [0.717, 1.165) is 24.2 Å². The molecule has 0 saturated heterocycles. The van der Waals surface area contributed by atoms with Gasteiger partial charge in [0, 0.05) is 12.0 Å². The first-order chi connectivity index (χ1) is 13.7. The topological polar surface area (TPSA) is 55.8 Å². The molecular formula is C24H36O4. The highest BCUT2D eigenvalue weighted by molar-refractivity contribution is 5.69. The number of unbranched alkanes of at least 4 members (excludes halogenated alkanes) is 5. The van der Waals surface area contributed by atoms with Crippen molar-refractivity contribution in [2.24, 2.45) is 0 Å². The molecule has 28 heavy (non-hydrogen) atoms. The number of para-hydroxylation sites is 1. The smallest absolute Gasteiger partial charge is 0.305 e. The van der Waals surface area contributed by atoms with Gasteiger partial charge in [-0.1, -0.05) is 88.0 Å². The van der Waals surface area contributed by atoms with Crippen LogP contribution in [0.1, 0.15) is 70.3 Å². The summed E-state index contributed by atoms with van der Waals surface area (Å²) >= 11 is 0. The van der Waals surface area contributed by atoms with E-state index in [0.29, 0.717) is 19.4 Å². The summed E-state index contributed by atoms with van der Waals surface area (Å²) < 4.78 is 10.4. The first-order valence-electron chi connectivity index (χ1n) is 10.5. The Morgan fingerprint density at radius 1 is 1.07 bits per heavy atom. The highest BCUT2D eigenvalue weighted by Crippen LogP contribution is 2.20. The predicted molar refractivity (Wildman–Crippen MR) is 115 cm³/mol. The third kappa shape index (κ3) is 11.6. The molecule has 0 heterocycles. The molecule has 0 aliphatic carbocycles. The minimum absolute atomic E-state index is 0.221. The first kappa shape index (κ1) is 24.0. The van der Waals surface area contributed by atoms with Crippen LogP contribution in [0, 0.1) is 0 Å². The van der Waals surface area contributed by atoms with Crippen molar-refractivity contribution >= 4 is 12.0 Å². The van der Waals surface area contributed by atoms with Crippen molar-refractivity contribution in [3.8, 4) is 5.75 Å². The summed E-state index contributed by atoms with van der Waals surface area (Å²) in [5.74, 6) is 0.561. The standard InChI is InChI=1S/C24H36O4/c1-3-4-5-6-7-8-16-22(25)17-11-9-14-21-15-10-12-18-23(21)28-20-13-19-24(26)27-2/h9-12,14-15,17-18,22,25H,3-8,13,16,19-20H2,1-2H3/b14-9+,17-11+. The Hall–Kier alpha value is -2.07. The van der Waals surface area contributed by atoms with Gasteiger partial charge in [0.15, 0.2) is 0 Å². The number of aliphatic hydroxyl groups excluding tert-OH is 1. The molecule has 0 saturated carbocycles. The van der Waals surface area contributed by atoms with Crippen LogP contribution in [0.25, 0.3) is 6.08 Å². The maximum Gasteiger partial charge on any atom is 0.305 e. The number of allylic oxidation sites excluding steroid dienone is 2. The summed E-state index contributed by atoms with van der Waals surface area (Å²) in [7, 11) is 1.39. The zero-order valence-electron chi connectivity index (χ0n) is 17.4. The van der Waals surface area contributed by atoms with E-state index in [1.54, 1.807) is 0 Å². The Bertz CT molecular complexity index is 592. The Kier molecular flexibility index (Phi) is 13.6. The highest BCUT2D eigenvalue weighted by Gasteiger charge is 2.03. The maximum atomic E-state index is 11.1. The van der Waals surface area contributed by atoms with Crippen LogP contribution in [0.5, 0.6) is 5.75 Å². The molecule has 1 atom stereocenters. The van der Waals surface area contributed by atoms with Crippen molar-refractivity contribution in [2.75, 3.05) is 13.7 Å². The van der Waals surface area contributed by atoms with Gasteiger partial charge in [-0.2, -0.15) is 0 Å². The van der Waals surface area contributed by atoms with E-state index in [9.17, 15) is 9.90 Å². The number of carbonyl (C=O) groups is 1.